The number of nitrogens with zero attached hydrogens (tertiary/aromatic N) is 2. The molecule has 0 unspecified atom stereocenters. The number of aryl methyl sites for hydroxylation is 1. The lowest BCUT2D eigenvalue weighted by Crippen LogP contribution is -2.44. The zero-order valence-corrected chi connectivity index (χ0v) is 17.8. The van der Waals surface area contributed by atoms with Gasteiger partial charge in [0, 0.05) is 43.5 Å². The van der Waals surface area contributed by atoms with Crippen LogP contribution in [0.3, 0.4) is 0 Å². The number of nitrogens with one attached hydrogen (secondary N) is 1. The molecule has 0 saturated carbocycles. The summed E-state index contributed by atoms with van der Waals surface area (Å²) < 4.78 is 0. The fourth-order valence-electron chi connectivity index (χ4n) is 3.57. The summed E-state index contributed by atoms with van der Waals surface area (Å²) in [6, 6.07) is 13.4. The van der Waals surface area contributed by atoms with Gasteiger partial charge in [0.15, 0.2) is 0 Å². The minimum absolute atomic E-state index is 0.109. The first-order chi connectivity index (χ1) is 14.3. The summed E-state index contributed by atoms with van der Waals surface area (Å²) in [6.45, 7) is 7.81. The maximum absolute atomic E-state index is 13.0. The molecule has 0 aliphatic carbocycles. The Morgan fingerprint density at radius 3 is 2.53 bits per heavy atom. The largest absolute Gasteiger partial charge is 0.478 e. The van der Waals surface area contributed by atoms with E-state index < -0.39 is 5.97 Å². The molecule has 1 aliphatic rings. The molecule has 0 aromatic heterocycles. The van der Waals surface area contributed by atoms with Gasteiger partial charge in [-0.15, -0.1) is 0 Å². The van der Waals surface area contributed by atoms with Crippen molar-refractivity contribution < 1.29 is 14.7 Å². The fraction of sp³-hybridized carbons (Fsp3) is 0.333. The van der Waals surface area contributed by atoms with Gasteiger partial charge in [0.1, 0.15) is 0 Å². The van der Waals surface area contributed by atoms with Gasteiger partial charge in [-0.3, -0.25) is 4.79 Å². The van der Waals surface area contributed by atoms with Crippen LogP contribution in [-0.2, 0) is 4.79 Å². The van der Waals surface area contributed by atoms with Crippen molar-refractivity contribution in [3.8, 4) is 0 Å². The average molecular weight is 408 g/mol. The smallest absolute Gasteiger partial charge is 0.328 e. The molecule has 2 aromatic rings. The van der Waals surface area contributed by atoms with Crippen molar-refractivity contribution in [1.82, 2.24) is 10.2 Å². The molecule has 158 valence electrons. The van der Waals surface area contributed by atoms with Gasteiger partial charge in [0.2, 0.25) is 0 Å². The highest BCUT2D eigenvalue weighted by atomic mass is 16.4. The molecule has 0 radical (unpaired) electrons. The van der Waals surface area contributed by atoms with Crippen molar-refractivity contribution >= 4 is 23.6 Å². The number of carbonyl (C=O) groups excluding carboxylic acids is 1. The van der Waals surface area contributed by atoms with Crippen LogP contribution in [0.1, 0.15) is 40.0 Å². The van der Waals surface area contributed by atoms with Crippen molar-refractivity contribution in [3.05, 3.63) is 70.8 Å². The van der Waals surface area contributed by atoms with Crippen LogP contribution in [0.15, 0.2) is 48.5 Å². The monoisotopic (exact) mass is 407 g/mol. The Hall–Kier alpha value is -3.12. The summed E-state index contributed by atoms with van der Waals surface area (Å²) in [5.41, 5.74) is 4.40. The van der Waals surface area contributed by atoms with E-state index in [1.54, 1.807) is 6.08 Å². The lowest BCUT2D eigenvalue weighted by molar-refractivity contribution is -0.131. The van der Waals surface area contributed by atoms with Gasteiger partial charge in [-0.25, -0.2) is 4.79 Å². The first-order valence-electron chi connectivity index (χ1n) is 10.2. The third-order valence-corrected chi connectivity index (χ3v) is 5.51. The highest BCUT2D eigenvalue weighted by Crippen LogP contribution is 2.22. The Bertz CT molecular complexity index is 946. The van der Waals surface area contributed by atoms with E-state index in [0.29, 0.717) is 5.56 Å². The Balaban J connectivity index is 1.73. The zero-order chi connectivity index (χ0) is 21.7. The quantitative estimate of drug-likeness (QED) is 0.719. The number of carboxylic acids is 1. The Labute approximate surface area is 177 Å². The second kappa shape index (κ2) is 9.59. The molecule has 6 nitrogen and oxygen atoms in total. The van der Waals surface area contributed by atoms with Crippen LogP contribution in [0.2, 0.25) is 0 Å². The van der Waals surface area contributed by atoms with Crippen molar-refractivity contribution in [2.24, 2.45) is 0 Å². The average Bonchev–Trinajstić information content (AvgIpc) is 2.73. The van der Waals surface area contributed by atoms with E-state index in [-0.39, 0.29) is 11.9 Å². The van der Waals surface area contributed by atoms with E-state index in [0.717, 1.165) is 54.6 Å². The minimum Gasteiger partial charge on any atom is -0.478 e. The number of piperazine rings is 1. The summed E-state index contributed by atoms with van der Waals surface area (Å²) in [5.74, 6) is -1.10. The molecular formula is C24H29N3O3. The molecule has 0 spiro atoms. The van der Waals surface area contributed by atoms with Gasteiger partial charge >= 0.3 is 5.97 Å². The number of hydrogen-bond donors (Lipinski definition) is 2. The predicted octanol–water partition coefficient (Wildman–Crippen LogP) is 3.34. The number of aliphatic carboxylic acids is 1. The highest BCUT2D eigenvalue weighted by molar-refractivity contribution is 5.97. The number of anilines is 1. The van der Waals surface area contributed by atoms with E-state index in [2.05, 4.69) is 28.2 Å². The van der Waals surface area contributed by atoms with E-state index in [1.165, 1.54) is 0 Å². The maximum atomic E-state index is 13.0. The second-order valence-electron chi connectivity index (χ2n) is 7.83. The van der Waals surface area contributed by atoms with Crippen LogP contribution in [-0.4, -0.2) is 55.1 Å². The predicted molar refractivity (Wildman–Crippen MR) is 120 cm³/mol. The van der Waals surface area contributed by atoms with Crippen LogP contribution >= 0.6 is 0 Å². The van der Waals surface area contributed by atoms with Gasteiger partial charge in [0.05, 0.1) is 6.04 Å². The number of carboxylic acid groups (broad SMARTS) is 1. The maximum Gasteiger partial charge on any atom is 0.328 e. The number of likely N-dealkylation sites (N-methyl/N-ethyl adjacent to an activating group) is 1. The van der Waals surface area contributed by atoms with Crippen LogP contribution in [0.5, 0.6) is 0 Å². The molecule has 1 aliphatic heterocycles. The van der Waals surface area contributed by atoms with Crippen molar-refractivity contribution in [2.75, 3.05) is 38.1 Å². The van der Waals surface area contributed by atoms with Crippen LogP contribution in [0, 0.1) is 6.92 Å². The number of hydrogen-bond acceptors (Lipinski definition) is 4. The van der Waals surface area contributed by atoms with E-state index in [4.69, 9.17) is 5.11 Å². The molecule has 2 N–H and O–H groups in total. The number of amides is 1. The molecule has 30 heavy (non-hydrogen) atoms. The normalized spacial score (nSPS) is 15.9. The summed E-state index contributed by atoms with van der Waals surface area (Å²) >= 11 is 0. The van der Waals surface area contributed by atoms with E-state index >= 15 is 0 Å². The lowest BCUT2D eigenvalue weighted by Gasteiger charge is -2.34. The van der Waals surface area contributed by atoms with Crippen molar-refractivity contribution in [3.63, 3.8) is 0 Å². The third-order valence-electron chi connectivity index (χ3n) is 5.51. The SMILES string of the molecule is Cc1ccc(N2CCN(C)CC2)cc1C(=O)N[C@H](C)c1cccc(C=CC(=O)O)c1. The minimum atomic E-state index is -0.988. The third kappa shape index (κ3) is 5.48. The number of benzene rings is 2. The Morgan fingerprint density at radius 2 is 1.83 bits per heavy atom. The van der Waals surface area contributed by atoms with Gasteiger partial charge in [-0.05, 0) is 61.9 Å². The van der Waals surface area contributed by atoms with Crippen molar-refractivity contribution in [2.45, 2.75) is 19.9 Å². The van der Waals surface area contributed by atoms with Crippen LogP contribution < -0.4 is 10.2 Å². The van der Waals surface area contributed by atoms with Crippen LogP contribution in [0.4, 0.5) is 5.69 Å². The summed E-state index contributed by atoms with van der Waals surface area (Å²) in [4.78, 5) is 28.4. The molecule has 6 heteroatoms. The molecule has 2 aromatic carbocycles. The van der Waals surface area contributed by atoms with Gasteiger partial charge in [-0.2, -0.15) is 0 Å². The Morgan fingerprint density at radius 1 is 1.10 bits per heavy atom. The summed E-state index contributed by atoms with van der Waals surface area (Å²) in [7, 11) is 2.12. The molecule has 0 bridgehead atoms. The molecule has 1 saturated heterocycles. The second-order valence-corrected chi connectivity index (χ2v) is 7.83. The first kappa shape index (κ1) is 21.6. The standard InChI is InChI=1S/C24H29N3O3/c1-17-7-9-21(27-13-11-26(3)12-14-27)16-22(17)24(30)25-18(2)20-6-4-5-19(15-20)8-10-23(28)29/h4-10,15-16,18H,11-14H2,1-3H3,(H,25,30)(H,28,29)/t18-/m1/s1. The van der Waals surface area contributed by atoms with Crippen LogP contribution in [0.25, 0.3) is 6.08 Å². The molecule has 1 heterocycles. The van der Waals surface area contributed by atoms with E-state index in [1.807, 2.05) is 50.2 Å². The molecule has 1 amide bonds. The lowest BCUT2D eigenvalue weighted by atomic mass is 10.0. The number of rotatable bonds is 6. The van der Waals surface area contributed by atoms with E-state index in [9.17, 15) is 9.59 Å². The Kier molecular flexibility index (Phi) is 6.90. The molecule has 1 atom stereocenters. The zero-order valence-electron chi connectivity index (χ0n) is 17.8. The summed E-state index contributed by atoms with van der Waals surface area (Å²) in [5, 5.41) is 11.9. The number of carbonyl (C=O) groups is 2. The van der Waals surface area contributed by atoms with Gasteiger partial charge in [0.25, 0.3) is 5.91 Å². The molecular weight excluding hydrogens is 378 g/mol. The highest BCUT2D eigenvalue weighted by Gasteiger charge is 2.18. The summed E-state index contributed by atoms with van der Waals surface area (Å²) in [6.07, 6.45) is 2.65. The topological polar surface area (TPSA) is 72.9 Å². The fourth-order valence-corrected chi connectivity index (χ4v) is 3.57. The van der Waals surface area contributed by atoms with Crippen molar-refractivity contribution in [1.29, 1.82) is 0 Å². The van der Waals surface area contributed by atoms with Gasteiger partial charge in [-0.1, -0.05) is 24.3 Å². The molecule has 3 rings (SSSR count). The first-order valence-corrected chi connectivity index (χ1v) is 10.2. The van der Waals surface area contributed by atoms with Gasteiger partial charge < -0.3 is 20.2 Å². The molecule has 1 fully saturated rings.